The van der Waals surface area contributed by atoms with Crippen LogP contribution in [-0.2, 0) is 14.8 Å². The highest BCUT2D eigenvalue weighted by Crippen LogP contribution is 2.29. The molecule has 0 amide bonds. The number of anilines is 1. The third-order valence-corrected chi connectivity index (χ3v) is 5.96. The number of hydrogen-bond acceptors (Lipinski definition) is 4. The third kappa shape index (κ3) is 4.10. The highest BCUT2D eigenvalue weighted by molar-refractivity contribution is 7.89. The number of methoxy groups -OCH3 is 1. The van der Waals surface area contributed by atoms with Gasteiger partial charge in [0.05, 0.1) is 22.2 Å². The van der Waals surface area contributed by atoms with Gasteiger partial charge in [-0.25, -0.2) is 8.42 Å². The molecule has 5 nitrogen and oxygen atoms in total. The number of rotatable bonds is 7. The van der Waals surface area contributed by atoms with E-state index in [4.69, 9.17) is 22.1 Å². The quantitative estimate of drug-likeness (QED) is 0.778. The van der Waals surface area contributed by atoms with E-state index in [0.717, 1.165) is 0 Å². The summed E-state index contributed by atoms with van der Waals surface area (Å²) in [6, 6.07) is 2.88. The van der Waals surface area contributed by atoms with E-state index in [0.29, 0.717) is 30.2 Å². The van der Waals surface area contributed by atoms with Crippen molar-refractivity contribution in [2.75, 3.05) is 26.0 Å². The lowest BCUT2D eigenvalue weighted by atomic mass is 10.2. The van der Waals surface area contributed by atoms with Crippen LogP contribution in [0.25, 0.3) is 0 Å². The summed E-state index contributed by atoms with van der Waals surface area (Å²) >= 11 is 5.94. The van der Waals surface area contributed by atoms with Crippen molar-refractivity contribution in [3.63, 3.8) is 0 Å². The summed E-state index contributed by atoms with van der Waals surface area (Å²) in [5.74, 6) is 0. The molecular formula is C14H23ClN2O3S. The average molecular weight is 335 g/mol. The summed E-state index contributed by atoms with van der Waals surface area (Å²) in [5, 5.41) is 0.360. The molecule has 0 aromatic heterocycles. The molecule has 1 atom stereocenters. The van der Waals surface area contributed by atoms with Crippen molar-refractivity contribution in [2.45, 2.75) is 38.1 Å². The van der Waals surface area contributed by atoms with Crippen LogP contribution in [0, 0.1) is 6.92 Å². The van der Waals surface area contributed by atoms with Crippen LogP contribution in [0.15, 0.2) is 17.0 Å². The van der Waals surface area contributed by atoms with Gasteiger partial charge >= 0.3 is 0 Å². The zero-order chi connectivity index (χ0) is 16.2. The molecule has 1 unspecified atom stereocenters. The molecule has 0 aliphatic heterocycles. The van der Waals surface area contributed by atoms with Crippen molar-refractivity contribution in [3.8, 4) is 0 Å². The number of nitrogen functional groups attached to an aromatic ring is 1. The van der Waals surface area contributed by atoms with Gasteiger partial charge in [0.2, 0.25) is 10.0 Å². The van der Waals surface area contributed by atoms with E-state index in [1.165, 1.54) is 10.4 Å². The van der Waals surface area contributed by atoms with Crippen LogP contribution in [0.3, 0.4) is 0 Å². The summed E-state index contributed by atoms with van der Waals surface area (Å²) in [5.41, 5.74) is 6.60. The minimum Gasteiger partial charge on any atom is -0.397 e. The topological polar surface area (TPSA) is 72.6 Å². The Hall–Kier alpha value is -0.820. The van der Waals surface area contributed by atoms with E-state index in [-0.39, 0.29) is 16.6 Å². The van der Waals surface area contributed by atoms with Crippen LogP contribution < -0.4 is 5.73 Å². The molecular weight excluding hydrogens is 312 g/mol. The van der Waals surface area contributed by atoms with Crippen molar-refractivity contribution in [1.82, 2.24) is 4.31 Å². The second-order valence-corrected chi connectivity index (χ2v) is 7.27. The van der Waals surface area contributed by atoms with E-state index < -0.39 is 10.0 Å². The van der Waals surface area contributed by atoms with Crippen LogP contribution in [0.2, 0.25) is 5.02 Å². The zero-order valence-corrected chi connectivity index (χ0v) is 14.5. The smallest absolute Gasteiger partial charge is 0.243 e. The fourth-order valence-corrected chi connectivity index (χ4v) is 4.19. The summed E-state index contributed by atoms with van der Waals surface area (Å²) in [7, 11) is -2.09. The van der Waals surface area contributed by atoms with Gasteiger partial charge < -0.3 is 10.5 Å². The first-order valence-corrected chi connectivity index (χ1v) is 8.63. The largest absolute Gasteiger partial charge is 0.397 e. The Morgan fingerprint density at radius 2 is 2.05 bits per heavy atom. The first-order chi connectivity index (χ1) is 9.75. The third-order valence-electron chi connectivity index (χ3n) is 3.48. The lowest BCUT2D eigenvalue weighted by molar-refractivity contribution is 0.167. The van der Waals surface area contributed by atoms with Gasteiger partial charge in [-0.3, -0.25) is 0 Å². The molecule has 0 saturated carbocycles. The number of sulfonamides is 1. The minimum absolute atomic E-state index is 0.124. The Bertz CT molecular complexity index is 590. The molecule has 0 heterocycles. The molecule has 1 aromatic carbocycles. The highest BCUT2D eigenvalue weighted by atomic mass is 35.5. The van der Waals surface area contributed by atoms with Gasteiger partial charge in [-0.1, -0.05) is 18.5 Å². The van der Waals surface area contributed by atoms with Gasteiger partial charge in [-0.2, -0.15) is 4.31 Å². The Morgan fingerprint density at radius 1 is 1.43 bits per heavy atom. The van der Waals surface area contributed by atoms with Gasteiger partial charge in [0, 0.05) is 19.7 Å². The second kappa shape index (κ2) is 7.45. The number of benzene rings is 1. The van der Waals surface area contributed by atoms with Crippen molar-refractivity contribution >= 4 is 27.3 Å². The Balaban J connectivity index is 3.31. The molecule has 0 bridgehead atoms. The molecule has 21 heavy (non-hydrogen) atoms. The van der Waals surface area contributed by atoms with Gasteiger partial charge in [0.25, 0.3) is 0 Å². The highest BCUT2D eigenvalue weighted by Gasteiger charge is 2.29. The first-order valence-electron chi connectivity index (χ1n) is 6.82. The molecule has 0 fully saturated rings. The molecule has 1 rings (SSSR count). The number of nitrogens with zero attached hydrogens (tertiary/aromatic N) is 1. The fraction of sp³-hybridized carbons (Fsp3) is 0.571. The predicted molar refractivity (Wildman–Crippen MR) is 86.1 cm³/mol. The fourth-order valence-electron chi connectivity index (χ4n) is 2.04. The van der Waals surface area contributed by atoms with Crippen molar-refractivity contribution in [3.05, 3.63) is 22.7 Å². The number of ether oxygens (including phenoxy) is 1. The number of aryl methyl sites for hydroxylation is 1. The van der Waals surface area contributed by atoms with Crippen LogP contribution in [0.4, 0.5) is 5.69 Å². The molecule has 0 radical (unpaired) electrons. The molecule has 0 aliphatic rings. The SMILES string of the molecule is CCC(C)N(CCOC)S(=O)(=O)c1cc(N)c(Cl)cc1C. The summed E-state index contributed by atoms with van der Waals surface area (Å²) in [6.45, 7) is 6.18. The van der Waals surface area contributed by atoms with E-state index in [1.807, 2.05) is 13.8 Å². The normalized spacial score (nSPS) is 13.6. The molecule has 2 N–H and O–H groups in total. The van der Waals surface area contributed by atoms with Crippen LogP contribution in [0.1, 0.15) is 25.8 Å². The number of halogens is 1. The van der Waals surface area contributed by atoms with Gasteiger partial charge in [-0.15, -0.1) is 0 Å². The van der Waals surface area contributed by atoms with Gasteiger partial charge in [0.1, 0.15) is 0 Å². The lowest BCUT2D eigenvalue weighted by Gasteiger charge is -2.28. The maximum atomic E-state index is 12.9. The van der Waals surface area contributed by atoms with E-state index in [9.17, 15) is 8.42 Å². The zero-order valence-electron chi connectivity index (χ0n) is 12.9. The molecule has 120 valence electrons. The second-order valence-electron chi connectivity index (χ2n) is 5.01. The summed E-state index contributed by atoms with van der Waals surface area (Å²) in [4.78, 5) is 0.195. The van der Waals surface area contributed by atoms with Crippen LogP contribution in [0.5, 0.6) is 0 Å². The predicted octanol–water partition coefficient (Wildman–Crippen LogP) is 2.67. The first kappa shape index (κ1) is 18.2. The molecule has 0 aliphatic carbocycles. The van der Waals surface area contributed by atoms with Crippen molar-refractivity contribution in [1.29, 1.82) is 0 Å². The summed E-state index contributed by atoms with van der Waals surface area (Å²) < 4.78 is 32.3. The Labute approximate surface area is 132 Å². The van der Waals surface area contributed by atoms with Crippen LogP contribution in [-0.4, -0.2) is 39.0 Å². The minimum atomic E-state index is -3.64. The number of nitrogens with two attached hydrogens (primary N) is 1. The lowest BCUT2D eigenvalue weighted by Crippen LogP contribution is -2.40. The molecule has 0 saturated heterocycles. The van der Waals surface area contributed by atoms with Gasteiger partial charge in [-0.05, 0) is 38.0 Å². The van der Waals surface area contributed by atoms with Crippen molar-refractivity contribution in [2.24, 2.45) is 0 Å². The molecule has 7 heteroatoms. The van der Waals surface area contributed by atoms with E-state index in [2.05, 4.69) is 0 Å². The van der Waals surface area contributed by atoms with Gasteiger partial charge in [0.15, 0.2) is 0 Å². The van der Waals surface area contributed by atoms with E-state index in [1.54, 1.807) is 20.1 Å². The average Bonchev–Trinajstić information content (AvgIpc) is 2.42. The monoisotopic (exact) mass is 334 g/mol. The maximum absolute atomic E-state index is 12.9. The molecule has 0 spiro atoms. The van der Waals surface area contributed by atoms with Crippen LogP contribution >= 0.6 is 11.6 Å². The Morgan fingerprint density at radius 3 is 2.57 bits per heavy atom. The van der Waals surface area contributed by atoms with Crippen molar-refractivity contribution < 1.29 is 13.2 Å². The Kier molecular flexibility index (Phi) is 6.46. The standard InChI is InChI=1S/C14H23ClN2O3S/c1-5-11(3)17(6-7-20-4)21(18,19)14-9-13(16)12(15)8-10(14)2/h8-9,11H,5-7,16H2,1-4H3. The molecule has 1 aromatic rings. The van der Waals surface area contributed by atoms with E-state index >= 15 is 0 Å². The number of hydrogen-bond donors (Lipinski definition) is 1. The maximum Gasteiger partial charge on any atom is 0.243 e. The summed E-state index contributed by atoms with van der Waals surface area (Å²) in [6.07, 6.45) is 0.713.